The molecule has 0 aromatic carbocycles. The lowest BCUT2D eigenvalue weighted by atomic mass is 10.9. The Labute approximate surface area is 72.7 Å². The number of hydrogen-bond acceptors (Lipinski definition) is 5. The molecule has 2 N–H and O–H groups in total. The third-order valence-electron chi connectivity index (χ3n) is 1.13. The van der Waals surface area contributed by atoms with Gasteiger partial charge in [0.25, 0.3) is 0 Å². The molecule has 0 saturated carbocycles. The lowest BCUT2D eigenvalue weighted by Crippen LogP contribution is -2.09. The fourth-order valence-corrected chi connectivity index (χ4v) is 2.17. The molecule has 0 amide bonds. The molecule has 0 radical (unpaired) electrons. The van der Waals surface area contributed by atoms with Gasteiger partial charge in [-0.1, -0.05) is 0 Å². The van der Waals surface area contributed by atoms with E-state index in [0.717, 1.165) is 0 Å². The molecule has 6 heteroatoms. The van der Waals surface area contributed by atoms with Crippen LogP contribution in [0.25, 0.3) is 0 Å². The fraction of sp³-hybridized carbons (Fsp3) is 1.00. The van der Waals surface area contributed by atoms with Crippen LogP contribution >= 0.6 is 7.60 Å². The topological polar surface area (TPSA) is 70.8 Å². The van der Waals surface area contributed by atoms with E-state index in [-0.39, 0.29) is 12.8 Å². The minimum absolute atomic E-state index is 0.178. The van der Waals surface area contributed by atoms with E-state index < -0.39 is 7.60 Å². The summed E-state index contributed by atoms with van der Waals surface area (Å²) in [6, 6.07) is 0. The first-order valence-electron chi connectivity index (χ1n) is 3.88. The Balaban J connectivity index is 3.90. The van der Waals surface area contributed by atoms with Gasteiger partial charge in [-0.05, 0) is 13.8 Å². The predicted octanol–water partition coefficient (Wildman–Crippen LogP) is 1.14. The van der Waals surface area contributed by atoms with Crippen molar-refractivity contribution >= 4 is 7.60 Å². The summed E-state index contributed by atoms with van der Waals surface area (Å²) in [6.07, 6.45) is 0.200. The molecule has 5 nitrogen and oxygen atoms in total. The van der Waals surface area contributed by atoms with Crippen molar-refractivity contribution < 1.29 is 18.5 Å². The molecule has 74 valence electrons. The highest BCUT2D eigenvalue weighted by Crippen LogP contribution is 2.47. The molecule has 0 spiro atoms. The second-order valence-corrected chi connectivity index (χ2v) is 4.23. The molecule has 0 aromatic rings. The van der Waals surface area contributed by atoms with E-state index in [1.54, 1.807) is 13.8 Å². The van der Waals surface area contributed by atoms with E-state index >= 15 is 0 Å². The third kappa shape index (κ3) is 4.85. The van der Waals surface area contributed by atoms with Crippen molar-refractivity contribution in [3.05, 3.63) is 0 Å². The van der Waals surface area contributed by atoms with Crippen molar-refractivity contribution in [1.29, 1.82) is 0 Å². The summed E-state index contributed by atoms with van der Waals surface area (Å²) in [5.41, 5.74) is 0. The first kappa shape index (κ1) is 12.1. The summed E-state index contributed by atoms with van der Waals surface area (Å²) in [5, 5.41) is 0. The van der Waals surface area contributed by atoms with E-state index in [4.69, 9.17) is 14.9 Å². The zero-order valence-electron chi connectivity index (χ0n) is 7.49. The standard InChI is InChI=1S/C6H16NO4P/c1-3-10-12(8,11-4-2)6-5-9-7/h3-7H2,1-2H3. The van der Waals surface area contributed by atoms with Gasteiger partial charge in [0, 0.05) is 0 Å². The minimum Gasteiger partial charge on any atom is -0.309 e. The molecule has 0 aliphatic rings. The van der Waals surface area contributed by atoms with Crippen LogP contribution in [0.2, 0.25) is 0 Å². The molecule has 0 aliphatic heterocycles. The summed E-state index contributed by atoms with van der Waals surface area (Å²) in [5.74, 6) is 4.80. The largest absolute Gasteiger partial charge is 0.333 e. The maximum Gasteiger partial charge on any atom is 0.333 e. The Hall–Kier alpha value is 0.0700. The van der Waals surface area contributed by atoms with Crippen molar-refractivity contribution in [3.63, 3.8) is 0 Å². The fourth-order valence-electron chi connectivity index (χ4n) is 0.724. The maximum absolute atomic E-state index is 11.6. The number of hydrogen-bond donors (Lipinski definition) is 1. The zero-order valence-corrected chi connectivity index (χ0v) is 8.38. The van der Waals surface area contributed by atoms with Gasteiger partial charge in [0.15, 0.2) is 0 Å². The van der Waals surface area contributed by atoms with E-state index in [1.165, 1.54) is 0 Å². The summed E-state index contributed by atoms with van der Waals surface area (Å²) < 4.78 is 21.5. The first-order chi connectivity index (χ1) is 5.68. The molecule has 0 heterocycles. The summed E-state index contributed by atoms with van der Waals surface area (Å²) in [4.78, 5) is 4.30. The average Bonchev–Trinajstić information content (AvgIpc) is 2.02. The highest BCUT2D eigenvalue weighted by molar-refractivity contribution is 7.53. The molecule has 0 aromatic heterocycles. The maximum atomic E-state index is 11.6. The lowest BCUT2D eigenvalue weighted by molar-refractivity contribution is 0.143. The molecule has 0 bridgehead atoms. The lowest BCUT2D eigenvalue weighted by Gasteiger charge is -2.15. The zero-order chi connectivity index (χ0) is 9.45. The number of nitrogens with two attached hydrogens (primary N) is 1. The van der Waals surface area contributed by atoms with Crippen LogP contribution in [0.3, 0.4) is 0 Å². The van der Waals surface area contributed by atoms with Crippen LogP contribution in [0, 0.1) is 0 Å². The highest BCUT2D eigenvalue weighted by Gasteiger charge is 2.22. The molecule has 12 heavy (non-hydrogen) atoms. The molecule has 0 saturated heterocycles. The van der Waals surface area contributed by atoms with Crippen LogP contribution in [-0.4, -0.2) is 26.0 Å². The quantitative estimate of drug-likeness (QED) is 0.489. The smallest absolute Gasteiger partial charge is 0.309 e. The van der Waals surface area contributed by atoms with Gasteiger partial charge in [-0.15, -0.1) is 0 Å². The van der Waals surface area contributed by atoms with Crippen LogP contribution in [0.5, 0.6) is 0 Å². The van der Waals surface area contributed by atoms with Crippen molar-refractivity contribution in [2.24, 2.45) is 5.90 Å². The van der Waals surface area contributed by atoms with Crippen LogP contribution in [-0.2, 0) is 18.5 Å². The molecular formula is C6H16NO4P. The van der Waals surface area contributed by atoms with Crippen LogP contribution in [0.4, 0.5) is 0 Å². The van der Waals surface area contributed by atoms with Gasteiger partial charge < -0.3 is 13.9 Å². The van der Waals surface area contributed by atoms with Crippen LogP contribution in [0.1, 0.15) is 13.8 Å². The van der Waals surface area contributed by atoms with Gasteiger partial charge in [0.2, 0.25) is 0 Å². The third-order valence-corrected chi connectivity index (χ3v) is 3.17. The molecule has 0 atom stereocenters. The van der Waals surface area contributed by atoms with Crippen molar-refractivity contribution in [2.75, 3.05) is 26.0 Å². The summed E-state index contributed by atoms with van der Waals surface area (Å²) in [6.45, 7) is 4.42. The SMILES string of the molecule is CCOP(=O)(CCON)OCC. The van der Waals surface area contributed by atoms with Crippen molar-refractivity contribution in [3.8, 4) is 0 Å². The minimum atomic E-state index is -2.94. The highest BCUT2D eigenvalue weighted by atomic mass is 31.2. The van der Waals surface area contributed by atoms with E-state index in [2.05, 4.69) is 4.84 Å². The predicted molar refractivity (Wildman–Crippen MR) is 45.9 cm³/mol. The second kappa shape index (κ2) is 6.57. The second-order valence-electron chi connectivity index (χ2n) is 2.04. The Morgan fingerprint density at radius 3 is 2.08 bits per heavy atom. The van der Waals surface area contributed by atoms with Gasteiger partial charge in [0.05, 0.1) is 26.0 Å². The monoisotopic (exact) mass is 197 g/mol. The van der Waals surface area contributed by atoms with E-state index in [9.17, 15) is 4.57 Å². The van der Waals surface area contributed by atoms with Crippen molar-refractivity contribution in [1.82, 2.24) is 0 Å². The van der Waals surface area contributed by atoms with Crippen LogP contribution < -0.4 is 5.90 Å². The Bertz CT molecular complexity index is 142. The Morgan fingerprint density at radius 1 is 1.25 bits per heavy atom. The van der Waals surface area contributed by atoms with Crippen molar-refractivity contribution in [2.45, 2.75) is 13.8 Å². The molecule has 0 unspecified atom stereocenters. The van der Waals surface area contributed by atoms with Gasteiger partial charge in [0.1, 0.15) is 0 Å². The van der Waals surface area contributed by atoms with E-state index in [1.807, 2.05) is 0 Å². The molecular weight excluding hydrogens is 181 g/mol. The average molecular weight is 197 g/mol. The van der Waals surface area contributed by atoms with Crippen LogP contribution in [0.15, 0.2) is 0 Å². The van der Waals surface area contributed by atoms with Gasteiger partial charge in [-0.25, -0.2) is 5.90 Å². The van der Waals surface area contributed by atoms with Gasteiger partial charge in [-0.2, -0.15) is 0 Å². The first-order valence-corrected chi connectivity index (χ1v) is 5.61. The normalized spacial score (nSPS) is 11.9. The Morgan fingerprint density at radius 2 is 1.75 bits per heavy atom. The molecule has 0 aliphatic carbocycles. The number of rotatable bonds is 7. The van der Waals surface area contributed by atoms with E-state index in [0.29, 0.717) is 13.2 Å². The Kier molecular flexibility index (Phi) is 6.61. The van der Waals surface area contributed by atoms with Gasteiger partial charge >= 0.3 is 7.60 Å². The molecule has 0 rings (SSSR count). The van der Waals surface area contributed by atoms with Gasteiger partial charge in [-0.3, -0.25) is 4.57 Å². The summed E-state index contributed by atoms with van der Waals surface area (Å²) >= 11 is 0. The molecule has 0 fully saturated rings. The summed E-state index contributed by atoms with van der Waals surface area (Å²) in [7, 11) is -2.94.